The van der Waals surface area contributed by atoms with Gasteiger partial charge in [-0.05, 0) is 17.8 Å². The van der Waals surface area contributed by atoms with E-state index < -0.39 is 0 Å². The Morgan fingerprint density at radius 3 is 2.06 bits per heavy atom. The van der Waals surface area contributed by atoms with E-state index in [0.29, 0.717) is 19.0 Å². The Morgan fingerprint density at radius 2 is 1.75 bits per heavy atom. The molecule has 1 atom stereocenters. The summed E-state index contributed by atoms with van der Waals surface area (Å²) < 4.78 is 0. The third kappa shape index (κ3) is 4.52. The fourth-order valence-corrected chi connectivity index (χ4v) is 2.04. The Labute approximate surface area is 100 Å². The first-order valence-corrected chi connectivity index (χ1v) is 6.12. The Bertz CT molecular complexity index is 231. The number of nitrogens with one attached hydrogen (secondary N) is 1. The van der Waals surface area contributed by atoms with Gasteiger partial charge in [-0.25, -0.2) is 0 Å². The maximum absolute atomic E-state index is 12.2. The van der Waals surface area contributed by atoms with Crippen molar-refractivity contribution in [2.24, 2.45) is 22.5 Å². The van der Waals surface area contributed by atoms with Gasteiger partial charge < -0.3 is 11.1 Å². The first-order chi connectivity index (χ1) is 7.13. The van der Waals surface area contributed by atoms with E-state index in [1.807, 2.05) is 0 Å². The summed E-state index contributed by atoms with van der Waals surface area (Å²) in [6.07, 6.45) is 0.883. The lowest BCUT2D eigenvalue weighted by Gasteiger charge is -2.37. The SMILES string of the molecule is CC(C)C(C)(CC(C)(C)C)C(=O)NCCN. The van der Waals surface area contributed by atoms with Gasteiger partial charge in [-0.3, -0.25) is 4.79 Å². The summed E-state index contributed by atoms with van der Waals surface area (Å²) >= 11 is 0. The first kappa shape index (κ1) is 15.4. The van der Waals surface area contributed by atoms with Crippen molar-refractivity contribution in [1.29, 1.82) is 0 Å². The van der Waals surface area contributed by atoms with Crippen molar-refractivity contribution in [3.8, 4) is 0 Å². The molecule has 0 rings (SSSR count). The topological polar surface area (TPSA) is 55.1 Å². The predicted molar refractivity (Wildman–Crippen MR) is 69.1 cm³/mol. The zero-order valence-electron chi connectivity index (χ0n) is 11.7. The summed E-state index contributed by atoms with van der Waals surface area (Å²) in [6.45, 7) is 13.8. The highest BCUT2D eigenvalue weighted by molar-refractivity contribution is 5.82. The quantitative estimate of drug-likeness (QED) is 0.757. The number of rotatable bonds is 5. The van der Waals surface area contributed by atoms with Gasteiger partial charge in [-0.1, -0.05) is 41.5 Å². The molecule has 0 aromatic heterocycles. The Balaban J connectivity index is 4.75. The lowest BCUT2D eigenvalue weighted by atomic mass is 9.68. The second-order valence-corrected chi connectivity index (χ2v) is 6.35. The van der Waals surface area contributed by atoms with E-state index in [-0.39, 0.29) is 16.7 Å². The molecule has 0 aliphatic rings. The maximum atomic E-state index is 12.2. The molecule has 0 aromatic rings. The van der Waals surface area contributed by atoms with Crippen molar-refractivity contribution >= 4 is 5.91 Å². The standard InChI is InChI=1S/C13H28N2O/c1-10(2)13(6,9-12(3,4)5)11(16)15-8-7-14/h10H,7-9,14H2,1-6H3,(H,15,16). The molecule has 0 aliphatic carbocycles. The zero-order valence-corrected chi connectivity index (χ0v) is 11.7. The third-order valence-electron chi connectivity index (χ3n) is 3.12. The van der Waals surface area contributed by atoms with Crippen LogP contribution in [-0.4, -0.2) is 19.0 Å². The smallest absolute Gasteiger partial charge is 0.226 e. The molecule has 0 aliphatic heterocycles. The molecule has 96 valence electrons. The molecule has 0 heterocycles. The van der Waals surface area contributed by atoms with Crippen LogP contribution in [0.3, 0.4) is 0 Å². The average molecular weight is 228 g/mol. The Hall–Kier alpha value is -0.570. The largest absolute Gasteiger partial charge is 0.354 e. The van der Waals surface area contributed by atoms with Crippen LogP contribution in [0.5, 0.6) is 0 Å². The number of carbonyl (C=O) groups is 1. The van der Waals surface area contributed by atoms with Crippen LogP contribution >= 0.6 is 0 Å². The molecule has 0 bridgehead atoms. The van der Waals surface area contributed by atoms with Gasteiger partial charge in [-0.15, -0.1) is 0 Å². The highest BCUT2D eigenvalue weighted by atomic mass is 16.2. The number of hydrogen-bond donors (Lipinski definition) is 2. The van der Waals surface area contributed by atoms with Crippen molar-refractivity contribution < 1.29 is 4.79 Å². The van der Waals surface area contributed by atoms with Crippen molar-refractivity contribution in [2.45, 2.75) is 48.0 Å². The van der Waals surface area contributed by atoms with E-state index >= 15 is 0 Å². The van der Waals surface area contributed by atoms with E-state index in [9.17, 15) is 4.79 Å². The number of carbonyl (C=O) groups excluding carboxylic acids is 1. The summed E-state index contributed by atoms with van der Waals surface area (Å²) in [5.41, 5.74) is 5.25. The fraction of sp³-hybridized carbons (Fsp3) is 0.923. The van der Waals surface area contributed by atoms with Gasteiger partial charge in [0.1, 0.15) is 0 Å². The highest BCUT2D eigenvalue weighted by Gasteiger charge is 2.39. The summed E-state index contributed by atoms with van der Waals surface area (Å²) in [6, 6.07) is 0. The number of nitrogens with two attached hydrogens (primary N) is 1. The molecule has 0 saturated heterocycles. The molecular formula is C13H28N2O. The number of amides is 1. The van der Waals surface area contributed by atoms with Crippen molar-refractivity contribution in [3.05, 3.63) is 0 Å². The molecule has 3 heteroatoms. The minimum atomic E-state index is -0.312. The summed E-state index contributed by atoms with van der Waals surface area (Å²) in [7, 11) is 0. The van der Waals surface area contributed by atoms with Gasteiger partial charge in [0.15, 0.2) is 0 Å². The number of hydrogen-bond acceptors (Lipinski definition) is 2. The monoisotopic (exact) mass is 228 g/mol. The fourth-order valence-electron chi connectivity index (χ4n) is 2.04. The molecule has 1 unspecified atom stereocenters. The van der Waals surface area contributed by atoms with Crippen LogP contribution in [0.25, 0.3) is 0 Å². The molecule has 16 heavy (non-hydrogen) atoms. The second-order valence-electron chi connectivity index (χ2n) is 6.35. The van der Waals surface area contributed by atoms with E-state index in [1.54, 1.807) is 0 Å². The first-order valence-electron chi connectivity index (χ1n) is 6.12. The third-order valence-corrected chi connectivity index (χ3v) is 3.12. The van der Waals surface area contributed by atoms with E-state index in [2.05, 4.69) is 46.9 Å². The van der Waals surface area contributed by atoms with Gasteiger partial charge in [0.05, 0.1) is 0 Å². The van der Waals surface area contributed by atoms with Gasteiger partial charge in [-0.2, -0.15) is 0 Å². The van der Waals surface area contributed by atoms with Crippen LogP contribution in [0.15, 0.2) is 0 Å². The molecule has 3 N–H and O–H groups in total. The van der Waals surface area contributed by atoms with Gasteiger partial charge >= 0.3 is 0 Å². The van der Waals surface area contributed by atoms with Crippen molar-refractivity contribution in [2.75, 3.05) is 13.1 Å². The predicted octanol–water partition coefficient (Wildman–Crippen LogP) is 2.16. The average Bonchev–Trinajstić information content (AvgIpc) is 2.10. The molecular weight excluding hydrogens is 200 g/mol. The second kappa shape index (κ2) is 5.67. The Morgan fingerprint density at radius 1 is 1.25 bits per heavy atom. The molecule has 0 fully saturated rings. The molecule has 0 radical (unpaired) electrons. The van der Waals surface area contributed by atoms with Crippen LogP contribution in [-0.2, 0) is 4.79 Å². The minimum Gasteiger partial charge on any atom is -0.354 e. The molecule has 1 amide bonds. The van der Waals surface area contributed by atoms with Crippen molar-refractivity contribution in [1.82, 2.24) is 5.32 Å². The zero-order chi connectivity index (χ0) is 13.0. The summed E-state index contributed by atoms with van der Waals surface area (Å²) in [5, 5.41) is 2.91. The van der Waals surface area contributed by atoms with E-state index in [1.165, 1.54) is 0 Å². The van der Waals surface area contributed by atoms with Crippen molar-refractivity contribution in [3.63, 3.8) is 0 Å². The van der Waals surface area contributed by atoms with Crippen LogP contribution < -0.4 is 11.1 Å². The Kier molecular flexibility index (Phi) is 5.47. The van der Waals surface area contributed by atoms with Crippen LogP contribution in [0.1, 0.15) is 48.0 Å². The lowest BCUT2D eigenvalue weighted by molar-refractivity contribution is -0.134. The summed E-state index contributed by atoms with van der Waals surface area (Å²) in [5.74, 6) is 0.451. The lowest BCUT2D eigenvalue weighted by Crippen LogP contribution is -2.45. The van der Waals surface area contributed by atoms with Gasteiger partial charge in [0.25, 0.3) is 0 Å². The van der Waals surface area contributed by atoms with E-state index in [4.69, 9.17) is 5.73 Å². The molecule has 0 spiro atoms. The summed E-state index contributed by atoms with van der Waals surface area (Å²) in [4.78, 5) is 12.2. The van der Waals surface area contributed by atoms with Crippen LogP contribution in [0.2, 0.25) is 0 Å². The molecule has 3 nitrogen and oxygen atoms in total. The van der Waals surface area contributed by atoms with Gasteiger partial charge in [0.2, 0.25) is 5.91 Å². The molecule has 0 saturated carbocycles. The normalized spacial score (nSPS) is 16.0. The van der Waals surface area contributed by atoms with Gasteiger partial charge in [0, 0.05) is 18.5 Å². The van der Waals surface area contributed by atoms with Crippen LogP contribution in [0.4, 0.5) is 0 Å². The minimum absolute atomic E-state index is 0.128. The maximum Gasteiger partial charge on any atom is 0.226 e. The molecule has 0 aromatic carbocycles. The van der Waals surface area contributed by atoms with Crippen LogP contribution in [0, 0.1) is 16.7 Å². The highest BCUT2D eigenvalue weighted by Crippen LogP contribution is 2.39. The van der Waals surface area contributed by atoms with E-state index in [0.717, 1.165) is 6.42 Å².